The van der Waals surface area contributed by atoms with Crippen molar-refractivity contribution in [3.05, 3.63) is 0 Å². The number of thiol groups is 1. The highest BCUT2D eigenvalue weighted by Gasteiger charge is 2.25. The van der Waals surface area contributed by atoms with Crippen molar-refractivity contribution in [1.29, 1.82) is 0 Å². The minimum Gasteiger partial charge on any atom is -0.368 e. The molecule has 2 amide bonds. The maximum absolute atomic E-state index is 11.6. The van der Waals surface area contributed by atoms with E-state index in [1.807, 2.05) is 27.7 Å². The van der Waals surface area contributed by atoms with Crippen molar-refractivity contribution < 1.29 is 9.59 Å². The van der Waals surface area contributed by atoms with E-state index >= 15 is 0 Å². The van der Waals surface area contributed by atoms with Crippen molar-refractivity contribution in [2.45, 2.75) is 39.0 Å². The zero-order valence-electron chi connectivity index (χ0n) is 9.65. The van der Waals surface area contributed by atoms with Crippen molar-refractivity contribution in [2.75, 3.05) is 0 Å². The Hall–Kier alpha value is -0.710. The summed E-state index contributed by atoms with van der Waals surface area (Å²) in [6.45, 7) is 7.45. The van der Waals surface area contributed by atoms with Crippen LogP contribution >= 0.6 is 12.6 Å². The van der Waals surface area contributed by atoms with Crippen LogP contribution in [-0.2, 0) is 9.59 Å². The molecule has 0 aromatic carbocycles. The monoisotopic (exact) mass is 232 g/mol. The molecule has 0 aliphatic rings. The van der Waals surface area contributed by atoms with Gasteiger partial charge in [-0.2, -0.15) is 12.6 Å². The second-order valence-corrected chi connectivity index (χ2v) is 4.88. The SMILES string of the molecule is CC(C)C(S)C(=O)NC(C(N)=O)C(C)C. The molecule has 88 valence electrons. The van der Waals surface area contributed by atoms with E-state index in [-0.39, 0.29) is 17.7 Å². The van der Waals surface area contributed by atoms with Crippen LogP contribution in [0.4, 0.5) is 0 Å². The highest BCUT2D eigenvalue weighted by atomic mass is 32.1. The number of primary amides is 1. The third-order valence-electron chi connectivity index (χ3n) is 2.17. The topological polar surface area (TPSA) is 72.2 Å². The summed E-state index contributed by atoms with van der Waals surface area (Å²) in [5.41, 5.74) is 5.18. The molecular weight excluding hydrogens is 212 g/mol. The molecule has 0 aromatic rings. The lowest BCUT2D eigenvalue weighted by atomic mass is 10.0. The summed E-state index contributed by atoms with van der Waals surface area (Å²) in [5, 5.41) is 2.20. The molecule has 0 saturated carbocycles. The largest absolute Gasteiger partial charge is 0.368 e. The van der Waals surface area contributed by atoms with Gasteiger partial charge < -0.3 is 11.1 Å². The minimum atomic E-state index is -0.620. The van der Waals surface area contributed by atoms with Crippen molar-refractivity contribution in [2.24, 2.45) is 17.6 Å². The van der Waals surface area contributed by atoms with Gasteiger partial charge >= 0.3 is 0 Å². The lowest BCUT2D eigenvalue weighted by molar-refractivity contribution is -0.128. The van der Waals surface area contributed by atoms with E-state index in [2.05, 4.69) is 17.9 Å². The summed E-state index contributed by atoms with van der Waals surface area (Å²) in [4.78, 5) is 22.7. The third-order valence-corrected chi connectivity index (χ3v) is 3.00. The Bertz CT molecular complexity index is 242. The van der Waals surface area contributed by atoms with Gasteiger partial charge in [-0.1, -0.05) is 27.7 Å². The molecule has 3 N–H and O–H groups in total. The Balaban J connectivity index is 4.43. The molecule has 4 nitrogen and oxygen atoms in total. The number of hydrogen-bond donors (Lipinski definition) is 3. The fourth-order valence-corrected chi connectivity index (χ4v) is 1.18. The minimum absolute atomic E-state index is 0.0147. The van der Waals surface area contributed by atoms with E-state index in [1.165, 1.54) is 0 Å². The number of hydrogen-bond acceptors (Lipinski definition) is 3. The molecule has 0 saturated heterocycles. The molecular formula is C10H20N2O2S. The first-order chi connectivity index (χ1) is 6.77. The number of carbonyl (C=O) groups excluding carboxylic acids is 2. The highest BCUT2D eigenvalue weighted by Crippen LogP contribution is 2.10. The van der Waals surface area contributed by atoms with Gasteiger partial charge in [-0.05, 0) is 11.8 Å². The summed E-state index contributed by atoms with van der Waals surface area (Å²) >= 11 is 4.17. The van der Waals surface area contributed by atoms with E-state index < -0.39 is 17.2 Å². The second-order valence-electron chi connectivity index (χ2n) is 4.32. The zero-order valence-corrected chi connectivity index (χ0v) is 10.5. The Labute approximate surface area is 96.4 Å². The van der Waals surface area contributed by atoms with Gasteiger partial charge in [-0.15, -0.1) is 0 Å². The first kappa shape index (κ1) is 14.3. The van der Waals surface area contributed by atoms with E-state index in [4.69, 9.17) is 5.73 Å². The smallest absolute Gasteiger partial charge is 0.240 e. The average molecular weight is 232 g/mol. The molecule has 0 rings (SSSR count). The molecule has 0 bridgehead atoms. The Morgan fingerprint density at radius 1 is 1.13 bits per heavy atom. The molecule has 2 unspecified atom stereocenters. The van der Waals surface area contributed by atoms with E-state index in [9.17, 15) is 9.59 Å². The number of amides is 2. The summed E-state index contributed by atoms with van der Waals surface area (Å²) in [5.74, 6) is -0.651. The van der Waals surface area contributed by atoms with Crippen LogP contribution in [0.25, 0.3) is 0 Å². The average Bonchev–Trinajstić information content (AvgIpc) is 2.11. The Kier molecular flexibility index (Phi) is 5.72. The van der Waals surface area contributed by atoms with Crippen molar-refractivity contribution >= 4 is 24.4 Å². The molecule has 0 fully saturated rings. The van der Waals surface area contributed by atoms with E-state index in [0.717, 1.165) is 0 Å². The fraction of sp³-hybridized carbons (Fsp3) is 0.800. The van der Waals surface area contributed by atoms with Crippen molar-refractivity contribution in [3.63, 3.8) is 0 Å². The predicted molar refractivity (Wildman–Crippen MR) is 63.6 cm³/mol. The highest BCUT2D eigenvalue weighted by molar-refractivity contribution is 7.81. The van der Waals surface area contributed by atoms with Gasteiger partial charge in [0, 0.05) is 0 Å². The molecule has 5 heteroatoms. The molecule has 0 aromatic heterocycles. The van der Waals surface area contributed by atoms with Gasteiger partial charge in [0.05, 0.1) is 5.25 Å². The Morgan fingerprint density at radius 2 is 1.60 bits per heavy atom. The van der Waals surface area contributed by atoms with Crippen LogP contribution in [0.2, 0.25) is 0 Å². The maximum atomic E-state index is 11.6. The summed E-state index contributed by atoms with van der Waals surface area (Å²) < 4.78 is 0. The van der Waals surface area contributed by atoms with Gasteiger partial charge in [0.2, 0.25) is 11.8 Å². The first-order valence-corrected chi connectivity index (χ1v) is 5.56. The Morgan fingerprint density at radius 3 is 1.87 bits per heavy atom. The number of rotatable bonds is 5. The first-order valence-electron chi connectivity index (χ1n) is 5.05. The molecule has 2 atom stereocenters. The number of nitrogens with one attached hydrogen (secondary N) is 1. The second kappa shape index (κ2) is 6.00. The molecule has 0 heterocycles. The van der Waals surface area contributed by atoms with Gasteiger partial charge in [0.15, 0.2) is 0 Å². The van der Waals surface area contributed by atoms with Crippen LogP contribution in [0.15, 0.2) is 0 Å². The van der Waals surface area contributed by atoms with Crippen LogP contribution < -0.4 is 11.1 Å². The molecule has 15 heavy (non-hydrogen) atoms. The van der Waals surface area contributed by atoms with Crippen LogP contribution in [0.3, 0.4) is 0 Å². The molecule has 0 aliphatic heterocycles. The molecule has 0 spiro atoms. The fourth-order valence-electron chi connectivity index (χ4n) is 1.11. The summed E-state index contributed by atoms with van der Waals surface area (Å²) in [6.07, 6.45) is 0. The van der Waals surface area contributed by atoms with Gasteiger partial charge in [-0.25, -0.2) is 0 Å². The van der Waals surface area contributed by atoms with Crippen molar-refractivity contribution in [1.82, 2.24) is 5.32 Å². The lowest BCUT2D eigenvalue weighted by Crippen LogP contribution is -2.50. The van der Waals surface area contributed by atoms with E-state index in [0.29, 0.717) is 0 Å². The normalized spacial score (nSPS) is 15.1. The zero-order chi connectivity index (χ0) is 12.2. The maximum Gasteiger partial charge on any atom is 0.240 e. The third kappa shape index (κ3) is 4.55. The molecule has 0 aliphatic carbocycles. The van der Waals surface area contributed by atoms with E-state index in [1.54, 1.807) is 0 Å². The summed E-state index contributed by atoms with van der Waals surface area (Å²) in [7, 11) is 0. The summed E-state index contributed by atoms with van der Waals surface area (Å²) in [6, 6.07) is -0.620. The predicted octanol–water partition coefficient (Wildman–Crippen LogP) is 0.567. The number of carbonyl (C=O) groups is 2. The van der Waals surface area contributed by atoms with Crippen LogP contribution in [0.1, 0.15) is 27.7 Å². The quantitative estimate of drug-likeness (QED) is 0.606. The van der Waals surface area contributed by atoms with Crippen LogP contribution in [0, 0.1) is 11.8 Å². The molecule has 0 radical (unpaired) electrons. The standard InChI is InChI=1S/C10H20N2O2S/c1-5(2)7(9(11)13)12-10(14)8(15)6(3)4/h5-8,15H,1-4H3,(H2,11,13)(H,12,14). The van der Waals surface area contributed by atoms with Crippen LogP contribution in [-0.4, -0.2) is 23.1 Å². The van der Waals surface area contributed by atoms with Gasteiger partial charge in [0.1, 0.15) is 6.04 Å². The lowest BCUT2D eigenvalue weighted by Gasteiger charge is -2.22. The van der Waals surface area contributed by atoms with Gasteiger partial charge in [0.25, 0.3) is 0 Å². The van der Waals surface area contributed by atoms with Crippen molar-refractivity contribution in [3.8, 4) is 0 Å². The van der Waals surface area contributed by atoms with Crippen LogP contribution in [0.5, 0.6) is 0 Å². The number of nitrogens with two attached hydrogens (primary N) is 1. The van der Waals surface area contributed by atoms with Gasteiger partial charge in [-0.3, -0.25) is 9.59 Å².